The van der Waals surface area contributed by atoms with Gasteiger partial charge in [0.25, 0.3) is 5.91 Å². The van der Waals surface area contributed by atoms with Crippen molar-refractivity contribution in [1.29, 1.82) is 0 Å². The van der Waals surface area contributed by atoms with Crippen LogP contribution < -0.4 is 9.54 Å². The Balaban J connectivity index is 2.08. The molecule has 8 heteroatoms. The molecule has 0 unspecified atom stereocenters. The smallest absolute Gasteiger partial charge is 0.310 e. The van der Waals surface area contributed by atoms with Crippen molar-refractivity contribution in [3.63, 3.8) is 0 Å². The molecule has 0 spiro atoms. The SMILES string of the molecule is Cn1ccsc1=NC(=O)COc1ccccc1[N+](=O)[O-]. The minimum absolute atomic E-state index is 0.0524. The molecule has 0 saturated carbocycles. The van der Waals surface area contributed by atoms with E-state index in [-0.39, 0.29) is 18.0 Å². The van der Waals surface area contributed by atoms with Gasteiger partial charge < -0.3 is 9.30 Å². The van der Waals surface area contributed by atoms with Gasteiger partial charge in [0.1, 0.15) is 0 Å². The molecule has 1 aromatic carbocycles. The highest BCUT2D eigenvalue weighted by Crippen LogP contribution is 2.25. The molecule has 0 aliphatic rings. The third-order valence-corrected chi connectivity index (χ3v) is 3.24. The van der Waals surface area contributed by atoms with E-state index in [1.54, 1.807) is 29.3 Å². The Bertz CT molecular complexity index is 704. The van der Waals surface area contributed by atoms with Crippen LogP contribution in [0.2, 0.25) is 0 Å². The van der Waals surface area contributed by atoms with E-state index < -0.39 is 10.8 Å². The van der Waals surface area contributed by atoms with Gasteiger partial charge in [0.2, 0.25) is 0 Å². The Labute approximate surface area is 117 Å². The Morgan fingerprint density at radius 2 is 2.25 bits per heavy atom. The quantitative estimate of drug-likeness (QED) is 0.631. The van der Waals surface area contributed by atoms with Gasteiger partial charge in [0.05, 0.1) is 4.92 Å². The average Bonchev–Trinajstić information content (AvgIpc) is 2.82. The number of aryl methyl sites for hydroxylation is 1. The molecule has 0 N–H and O–H groups in total. The maximum Gasteiger partial charge on any atom is 0.310 e. The average molecular weight is 293 g/mol. The zero-order chi connectivity index (χ0) is 14.5. The van der Waals surface area contributed by atoms with Gasteiger partial charge in [0.15, 0.2) is 17.2 Å². The Morgan fingerprint density at radius 1 is 1.50 bits per heavy atom. The van der Waals surface area contributed by atoms with E-state index in [0.717, 1.165) is 0 Å². The number of ether oxygens (including phenoxy) is 1. The number of carbonyl (C=O) groups excluding carboxylic acids is 1. The molecule has 0 aliphatic carbocycles. The van der Waals surface area contributed by atoms with Crippen molar-refractivity contribution in [2.75, 3.05) is 6.61 Å². The van der Waals surface area contributed by atoms with Crippen molar-refractivity contribution in [3.05, 3.63) is 50.8 Å². The lowest BCUT2D eigenvalue weighted by atomic mass is 10.3. The summed E-state index contributed by atoms with van der Waals surface area (Å²) in [6.45, 7) is -0.344. The first-order valence-electron chi connectivity index (χ1n) is 5.62. The lowest BCUT2D eigenvalue weighted by molar-refractivity contribution is -0.385. The first-order valence-corrected chi connectivity index (χ1v) is 6.50. The highest BCUT2D eigenvalue weighted by Gasteiger charge is 2.14. The standard InChI is InChI=1S/C12H11N3O4S/c1-14-6-7-20-12(14)13-11(16)8-19-10-5-3-2-4-9(10)15(17)18/h2-7H,8H2,1H3. The molecule has 0 saturated heterocycles. The minimum Gasteiger partial charge on any atom is -0.477 e. The van der Waals surface area contributed by atoms with Crippen LogP contribution in [-0.2, 0) is 11.8 Å². The number of para-hydroxylation sites is 2. The second-order valence-electron chi connectivity index (χ2n) is 3.82. The van der Waals surface area contributed by atoms with Gasteiger partial charge >= 0.3 is 5.69 Å². The molecule has 0 fully saturated rings. The zero-order valence-corrected chi connectivity index (χ0v) is 11.4. The fraction of sp³-hybridized carbons (Fsp3) is 0.167. The molecular formula is C12H11N3O4S. The van der Waals surface area contributed by atoms with Crippen molar-refractivity contribution in [3.8, 4) is 5.75 Å². The van der Waals surface area contributed by atoms with Crippen LogP contribution in [0.15, 0.2) is 40.8 Å². The summed E-state index contributed by atoms with van der Waals surface area (Å²) >= 11 is 1.32. The number of nitro benzene ring substituents is 1. The molecule has 20 heavy (non-hydrogen) atoms. The maximum atomic E-state index is 11.6. The van der Waals surface area contributed by atoms with Gasteiger partial charge in [-0.1, -0.05) is 12.1 Å². The molecule has 0 bridgehead atoms. The highest BCUT2D eigenvalue weighted by atomic mass is 32.1. The Morgan fingerprint density at radius 3 is 2.90 bits per heavy atom. The van der Waals surface area contributed by atoms with Gasteiger partial charge in [0, 0.05) is 24.7 Å². The third-order valence-electron chi connectivity index (χ3n) is 2.39. The topological polar surface area (TPSA) is 86.7 Å². The number of thiazole rings is 1. The number of aromatic nitrogens is 1. The molecule has 1 amide bonds. The van der Waals surface area contributed by atoms with Crippen LogP contribution in [0.4, 0.5) is 5.69 Å². The summed E-state index contributed by atoms with van der Waals surface area (Å²) in [7, 11) is 1.77. The van der Waals surface area contributed by atoms with Gasteiger partial charge in [-0.3, -0.25) is 14.9 Å². The van der Waals surface area contributed by atoms with Crippen LogP contribution in [0.5, 0.6) is 5.75 Å². The predicted octanol–water partition coefficient (Wildman–Crippen LogP) is 1.50. The summed E-state index contributed by atoms with van der Waals surface area (Å²) in [6, 6.07) is 5.89. The number of hydrogen-bond acceptors (Lipinski definition) is 5. The lowest BCUT2D eigenvalue weighted by Gasteiger charge is -2.03. The zero-order valence-electron chi connectivity index (χ0n) is 10.6. The maximum absolute atomic E-state index is 11.6. The molecule has 1 aromatic heterocycles. The number of hydrogen-bond donors (Lipinski definition) is 0. The molecule has 0 aliphatic heterocycles. The van der Waals surface area contributed by atoms with Gasteiger partial charge in [-0.2, -0.15) is 4.99 Å². The molecule has 7 nitrogen and oxygen atoms in total. The van der Waals surface area contributed by atoms with E-state index in [9.17, 15) is 14.9 Å². The van der Waals surface area contributed by atoms with Crippen molar-refractivity contribution in [1.82, 2.24) is 4.57 Å². The molecule has 104 valence electrons. The molecule has 2 rings (SSSR count). The van der Waals surface area contributed by atoms with E-state index >= 15 is 0 Å². The molecule has 0 atom stereocenters. The van der Waals surface area contributed by atoms with Crippen LogP contribution in [0, 0.1) is 10.1 Å². The third kappa shape index (κ3) is 3.29. The Kier molecular flexibility index (Phi) is 4.26. The molecule has 1 heterocycles. The summed E-state index contributed by atoms with van der Waals surface area (Å²) in [5, 5.41) is 12.6. The van der Waals surface area contributed by atoms with E-state index in [0.29, 0.717) is 4.80 Å². The second kappa shape index (κ2) is 6.11. The van der Waals surface area contributed by atoms with E-state index in [2.05, 4.69) is 4.99 Å². The van der Waals surface area contributed by atoms with Crippen LogP contribution in [0.1, 0.15) is 0 Å². The first-order chi connectivity index (χ1) is 9.58. The summed E-state index contributed by atoms with van der Waals surface area (Å²) in [4.78, 5) is 26.3. The fourth-order valence-electron chi connectivity index (χ4n) is 1.44. The number of benzene rings is 1. The van der Waals surface area contributed by atoms with Gasteiger partial charge in [-0.05, 0) is 6.07 Å². The second-order valence-corrected chi connectivity index (χ2v) is 4.69. The predicted molar refractivity (Wildman–Crippen MR) is 72.5 cm³/mol. The Hall–Kier alpha value is -2.48. The van der Waals surface area contributed by atoms with E-state index in [1.807, 2.05) is 0 Å². The summed E-state index contributed by atoms with van der Waals surface area (Å²) in [5.74, 6) is -0.446. The van der Waals surface area contributed by atoms with Crippen molar-refractivity contribution >= 4 is 22.9 Å². The van der Waals surface area contributed by atoms with E-state index in [1.165, 1.54) is 29.5 Å². The van der Waals surface area contributed by atoms with Crippen molar-refractivity contribution < 1.29 is 14.5 Å². The van der Waals surface area contributed by atoms with Gasteiger partial charge in [-0.25, -0.2) is 0 Å². The molecule has 2 aromatic rings. The number of nitrogens with zero attached hydrogens (tertiary/aromatic N) is 3. The largest absolute Gasteiger partial charge is 0.477 e. The summed E-state index contributed by atoms with van der Waals surface area (Å²) < 4.78 is 6.86. The van der Waals surface area contributed by atoms with Crippen LogP contribution in [-0.4, -0.2) is 22.0 Å². The number of rotatable bonds is 4. The summed E-state index contributed by atoms with van der Waals surface area (Å²) in [5.41, 5.74) is -0.179. The van der Waals surface area contributed by atoms with Crippen LogP contribution in [0.3, 0.4) is 0 Å². The van der Waals surface area contributed by atoms with Crippen LogP contribution >= 0.6 is 11.3 Å². The first kappa shape index (κ1) is 13.9. The number of amides is 1. The van der Waals surface area contributed by atoms with Crippen molar-refractivity contribution in [2.24, 2.45) is 12.0 Å². The van der Waals surface area contributed by atoms with Crippen LogP contribution in [0.25, 0.3) is 0 Å². The minimum atomic E-state index is -0.559. The van der Waals surface area contributed by atoms with E-state index in [4.69, 9.17) is 4.74 Å². The summed E-state index contributed by atoms with van der Waals surface area (Å²) in [6.07, 6.45) is 1.78. The highest BCUT2D eigenvalue weighted by molar-refractivity contribution is 7.07. The molecular weight excluding hydrogens is 282 g/mol. The normalized spacial score (nSPS) is 11.3. The number of carbonyl (C=O) groups is 1. The monoisotopic (exact) mass is 293 g/mol. The molecule has 0 radical (unpaired) electrons. The lowest BCUT2D eigenvalue weighted by Crippen LogP contribution is -2.17. The fourth-order valence-corrected chi connectivity index (χ4v) is 2.19. The number of nitro groups is 1. The van der Waals surface area contributed by atoms with Gasteiger partial charge in [-0.15, -0.1) is 11.3 Å². The van der Waals surface area contributed by atoms with Crippen molar-refractivity contribution in [2.45, 2.75) is 0 Å².